The van der Waals surface area contributed by atoms with Crippen LogP contribution in [0.5, 0.6) is 5.75 Å². The molecule has 0 atom stereocenters. The molecule has 0 bridgehead atoms. The number of pyridine rings is 1. The number of aliphatic hydroxyl groups excluding tert-OH is 1. The van der Waals surface area contributed by atoms with E-state index in [0.717, 1.165) is 62.6 Å². The molecular weight excluding hydrogens is 530 g/mol. The Balaban J connectivity index is 1.17. The molecule has 2 spiro atoms. The highest BCUT2D eigenvalue weighted by atomic mass is 32.2. The molecule has 4 heterocycles. The molecule has 5 aliphatic rings. The van der Waals surface area contributed by atoms with E-state index in [4.69, 9.17) is 14.8 Å². The van der Waals surface area contributed by atoms with Gasteiger partial charge in [-0.1, -0.05) is 0 Å². The van der Waals surface area contributed by atoms with Crippen LogP contribution in [0.4, 0.5) is 23.0 Å². The number of nitrogens with one attached hydrogen (secondary N) is 2. The van der Waals surface area contributed by atoms with Crippen LogP contribution in [0.2, 0.25) is 0 Å². The summed E-state index contributed by atoms with van der Waals surface area (Å²) in [6.07, 6.45) is 9.19. The van der Waals surface area contributed by atoms with Crippen LogP contribution < -0.4 is 24.6 Å². The summed E-state index contributed by atoms with van der Waals surface area (Å²) in [5, 5.41) is 12.2. The Morgan fingerprint density at radius 1 is 1.00 bits per heavy atom. The molecule has 3 N–H and O–H groups in total. The number of rotatable bonds is 8. The summed E-state index contributed by atoms with van der Waals surface area (Å²) in [7, 11) is -3.69. The lowest BCUT2D eigenvalue weighted by molar-refractivity contribution is 0.102. The molecule has 4 fully saturated rings. The van der Waals surface area contributed by atoms with E-state index < -0.39 is 16.6 Å². The lowest BCUT2D eigenvalue weighted by atomic mass is 9.93. The highest BCUT2D eigenvalue weighted by Crippen LogP contribution is 2.55. The number of aromatic nitrogens is 1. The van der Waals surface area contributed by atoms with Gasteiger partial charge < -0.3 is 25.0 Å². The van der Waals surface area contributed by atoms with E-state index in [1.807, 2.05) is 6.07 Å². The Morgan fingerprint density at radius 3 is 2.42 bits per heavy atom. The van der Waals surface area contributed by atoms with Gasteiger partial charge in [-0.2, -0.15) is 0 Å². The van der Waals surface area contributed by atoms with E-state index >= 15 is 0 Å². The molecule has 0 radical (unpaired) electrons. The number of sulfonamides is 1. The minimum atomic E-state index is -3.69. The van der Waals surface area contributed by atoms with Crippen LogP contribution in [0.3, 0.4) is 0 Å². The fraction of sp³-hybridized carbons (Fsp3) is 0.586. The van der Waals surface area contributed by atoms with E-state index in [2.05, 4.69) is 19.8 Å². The standard InChI is InChI=1S/C29H37N5O5S/c35-14-16-40(37,38)32-21-1-2-22(23(18-21)33-11-8-28(4-5-28)9-12-33)27(36)31-24-17-20-3-15-39-25(20)26(30-24)34-13-10-29(19-34)6-7-29/h1-2,17-18,32,35H,3-16,19H2,(H,30,31,36). The Bertz CT molecular complexity index is 1440. The first-order valence-electron chi connectivity index (χ1n) is 14.5. The van der Waals surface area contributed by atoms with Crippen LogP contribution in [0, 0.1) is 10.8 Å². The Hall–Kier alpha value is -3.05. The SMILES string of the molecule is O=C(Nc1cc2c(c(N3CCC4(CC4)C3)n1)OCC2)c1ccc(NS(=O)(=O)CCO)cc1N1CCC2(CC1)CC2. The Morgan fingerprint density at radius 2 is 1.73 bits per heavy atom. The van der Waals surface area contributed by atoms with Crippen LogP contribution >= 0.6 is 0 Å². The smallest absolute Gasteiger partial charge is 0.258 e. The number of piperidine rings is 1. The van der Waals surface area contributed by atoms with Crippen LogP contribution in [0.1, 0.15) is 60.9 Å². The first-order valence-corrected chi connectivity index (χ1v) is 16.1. The molecule has 2 aromatic rings. The van der Waals surface area contributed by atoms with Crippen LogP contribution in [0.15, 0.2) is 24.3 Å². The molecule has 7 rings (SSSR count). The predicted molar refractivity (Wildman–Crippen MR) is 154 cm³/mol. The van der Waals surface area contributed by atoms with Crippen LogP contribution in [-0.4, -0.2) is 69.6 Å². The van der Waals surface area contributed by atoms with Gasteiger partial charge in [0.15, 0.2) is 11.6 Å². The van der Waals surface area contributed by atoms with Gasteiger partial charge in [-0.15, -0.1) is 0 Å². The fourth-order valence-corrected chi connectivity index (χ4v) is 7.47. The zero-order valence-corrected chi connectivity index (χ0v) is 23.6. The van der Waals surface area contributed by atoms with Crippen molar-refractivity contribution in [2.45, 2.75) is 51.4 Å². The van der Waals surface area contributed by atoms with Crippen molar-refractivity contribution < 1.29 is 23.1 Å². The number of benzene rings is 1. The molecule has 1 aromatic heterocycles. The fourth-order valence-electron chi connectivity index (χ4n) is 6.64. The van der Waals surface area contributed by atoms with E-state index in [9.17, 15) is 13.2 Å². The number of carbonyl (C=O) groups excluding carboxylic acids is 1. The second-order valence-corrected chi connectivity index (χ2v) is 14.2. The number of nitrogens with zero attached hydrogens (tertiary/aromatic N) is 3. The molecule has 11 heteroatoms. The van der Waals surface area contributed by atoms with Gasteiger partial charge in [-0.05, 0) is 80.0 Å². The number of aliphatic hydroxyl groups is 1. The minimum absolute atomic E-state index is 0.274. The summed E-state index contributed by atoms with van der Waals surface area (Å²) in [5.74, 6) is 1.52. The van der Waals surface area contributed by atoms with Gasteiger partial charge in [-0.25, -0.2) is 13.4 Å². The maximum atomic E-state index is 13.8. The number of fused-ring (bicyclic) bond motifs is 1. The topological polar surface area (TPSA) is 124 Å². The van der Waals surface area contributed by atoms with Crippen molar-refractivity contribution in [3.05, 3.63) is 35.4 Å². The van der Waals surface area contributed by atoms with Gasteiger partial charge >= 0.3 is 0 Å². The van der Waals surface area contributed by atoms with Crippen molar-refractivity contribution in [2.75, 3.05) is 65.0 Å². The van der Waals surface area contributed by atoms with Crippen molar-refractivity contribution in [3.63, 3.8) is 0 Å². The minimum Gasteiger partial charge on any atom is -0.489 e. The largest absolute Gasteiger partial charge is 0.489 e. The van der Waals surface area contributed by atoms with Gasteiger partial charge in [0, 0.05) is 38.2 Å². The molecule has 2 aliphatic carbocycles. The molecule has 10 nitrogen and oxygen atoms in total. The third-order valence-electron chi connectivity index (χ3n) is 9.58. The maximum absolute atomic E-state index is 13.8. The van der Waals surface area contributed by atoms with Gasteiger partial charge in [0.2, 0.25) is 10.0 Å². The third-order valence-corrected chi connectivity index (χ3v) is 10.9. The third kappa shape index (κ3) is 4.98. The number of ether oxygens (including phenoxy) is 1. The zero-order chi connectivity index (χ0) is 27.5. The molecule has 2 saturated carbocycles. The predicted octanol–water partition coefficient (Wildman–Crippen LogP) is 3.37. The number of amides is 1. The number of anilines is 4. The zero-order valence-electron chi connectivity index (χ0n) is 22.7. The molecule has 3 aliphatic heterocycles. The Kier molecular flexibility index (Phi) is 6.16. The maximum Gasteiger partial charge on any atom is 0.258 e. The van der Waals surface area contributed by atoms with Crippen molar-refractivity contribution in [3.8, 4) is 5.75 Å². The lowest BCUT2D eigenvalue weighted by Gasteiger charge is -2.35. The van der Waals surface area contributed by atoms with E-state index in [1.165, 1.54) is 32.1 Å². The summed E-state index contributed by atoms with van der Waals surface area (Å²) in [5.41, 5.74) is 3.53. The molecular formula is C29H37N5O5S. The highest BCUT2D eigenvalue weighted by molar-refractivity contribution is 7.92. The molecule has 40 heavy (non-hydrogen) atoms. The van der Waals surface area contributed by atoms with Gasteiger partial charge in [0.1, 0.15) is 5.82 Å². The van der Waals surface area contributed by atoms with Crippen molar-refractivity contribution in [2.24, 2.45) is 10.8 Å². The Labute approximate surface area is 235 Å². The monoisotopic (exact) mass is 567 g/mol. The number of hydrogen-bond acceptors (Lipinski definition) is 8. The lowest BCUT2D eigenvalue weighted by Crippen LogP contribution is -2.35. The van der Waals surface area contributed by atoms with Gasteiger partial charge in [0.05, 0.1) is 35.9 Å². The normalized spacial score (nSPS) is 21.8. The van der Waals surface area contributed by atoms with Gasteiger partial charge in [0.25, 0.3) is 5.91 Å². The molecule has 2 saturated heterocycles. The molecule has 1 aromatic carbocycles. The highest BCUT2D eigenvalue weighted by Gasteiger charge is 2.49. The van der Waals surface area contributed by atoms with Gasteiger partial charge in [-0.3, -0.25) is 9.52 Å². The summed E-state index contributed by atoms with van der Waals surface area (Å²) in [4.78, 5) is 23.2. The van der Waals surface area contributed by atoms with Crippen molar-refractivity contribution in [1.29, 1.82) is 0 Å². The molecule has 0 unspecified atom stereocenters. The summed E-state index contributed by atoms with van der Waals surface area (Å²) in [6, 6.07) is 6.94. The summed E-state index contributed by atoms with van der Waals surface area (Å²) >= 11 is 0. The van der Waals surface area contributed by atoms with Crippen molar-refractivity contribution >= 4 is 38.9 Å². The van der Waals surface area contributed by atoms with E-state index in [-0.39, 0.29) is 11.7 Å². The van der Waals surface area contributed by atoms with Crippen LogP contribution in [-0.2, 0) is 16.4 Å². The van der Waals surface area contributed by atoms with Crippen LogP contribution in [0.25, 0.3) is 0 Å². The first-order chi connectivity index (χ1) is 19.3. The molecule has 1 amide bonds. The summed E-state index contributed by atoms with van der Waals surface area (Å²) < 4.78 is 33.2. The summed E-state index contributed by atoms with van der Waals surface area (Å²) in [6.45, 7) is 3.74. The second kappa shape index (κ2) is 9.51. The average Bonchev–Trinajstić information content (AvgIpc) is 3.74. The first kappa shape index (κ1) is 25.9. The quantitative estimate of drug-likeness (QED) is 0.444. The van der Waals surface area contributed by atoms with E-state index in [0.29, 0.717) is 40.2 Å². The number of carbonyl (C=O) groups is 1. The molecule has 214 valence electrons. The average molecular weight is 568 g/mol. The second-order valence-electron chi connectivity index (χ2n) is 12.4. The van der Waals surface area contributed by atoms with E-state index in [1.54, 1.807) is 18.2 Å². The number of hydrogen-bond donors (Lipinski definition) is 3. The van der Waals surface area contributed by atoms with Crippen molar-refractivity contribution in [1.82, 2.24) is 4.98 Å².